The van der Waals surface area contributed by atoms with Gasteiger partial charge >= 0.3 is 8.25 Å². The smallest absolute Gasteiger partial charge is 0.316 e. The number of nitrogens with one attached hydrogen (secondary N) is 1. The van der Waals surface area contributed by atoms with Crippen molar-refractivity contribution in [1.82, 2.24) is 5.32 Å². The summed E-state index contributed by atoms with van der Waals surface area (Å²) in [6.45, 7) is 1.39. The highest BCUT2D eigenvalue weighted by atomic mass is 79.9. The van der Waals surface area contributed by atoms with Gasteiger partial charge in [-0.05, 0) is 61.2 Å². The lowest BCUT2D eigenvalue weighted by Gasteiger charge is -2.10. The van der Waals surface area contributed by atoms with Gasteiger partial charge in [0.05, 0.1) is 6.61 Å². The van der Waals surface area contributed by atoms with E-state index in [0.717, 1.165) is 41.5 Å². The van der Waals surface area contributed by atoms with Crippen molar-refractivity contribution in [3.63, 3.8) is 0 Å². The van der Waals surface area contributed by atoms with Gasteiger partial charge in [-0.15, -0.1) is 11.8 Å². The molecule has 0 radical (unpaired) electrons. The molecule has 2 rings (SSSR count). The summed E-state index contributed by atoms with van der Waals surface area (Å²) in [4.78, 5) is 9.26. The van der Waals surface area contributed by atoms with Crippen molar-refractivity contribution >= 4 is 35.9 Å². The number of hydrogen-bond acceptors (Lipinski definition) is 4. The molecule has 0 aliphatic heterocycles. The molecule has 2 N–H and O–H groups in total. The summed E-state index contributed by atoms with van der Waals surface area (Å²) in [5, 5.41) is 3.19. The van der Waals surface area contributed by atoms with Crippen molar-refractivity contribution in [3.8, 4) is 0 Å². The molecule has 160 valence electrons. The van der Waals surface area contributed by atoms with Crippen molar-refractivity contribution < 1.29 is 18.4 Å². The first kappa shape index (κ1) is 24.6. The van der Waals surface area contributed by atoms with E-state index < -0.39 is 8.25 Å². The van der Waals surface area contributed by atoms with Crippen molar-refractivity contribution in [2.45, 2.75) is 43.5 Å². The second-order valence-electron chi connectivity index (χ2n) is 6.66. The maximum absolute atomic E-state index is 14.4. The molecular weight excluding hydrogens is 476 g/mol. The van der Waals surface area contributed by atoms with Gasteiger partial charge in [0.25, 0.3) is 0 Å². The highest BCUT2D eigenvalue weighted by Gasteiger charge is 2.09. The Hall–Kier alpha value is -0.690. The van der Waals surface area contributed by atoms with Gasteiger partial charge in [0.1, 0.15) is 5.82 Å². The third-order valence-corrected chi connectivity index (χ3v) is 6.66. The quantitative estimate of drug-likeness (QED) is 0.189. The van der Waals surface area contributed by atoms with E-state index in [1.54, 1.807) is 17.8 Å². The molecule has 0 spiro atoms. The predicted molar refractivity (Wildman–Crippen MR) is 122 cm³/mol. The fourth-order valence-corrected chi connectivity index (χ4v) is 4.75. The SMILES string of the molecule is O=[PH](O)OCCCNCc1cc(F)c(SCCCCCc2ccccc2)cc1Br. The second-order valence-corrected chi connectivity index (χ2v) is 9.48. The van der Waals surface area contributed by atoms with Crippen molar-refractivity contribution in [2.24, 2.45) is 0 Å². The first-order valence-electron chi connectivity index (χ1n) is 9.77. The van der Waals surface area contributed by atoms with Gasteiger partial charge in [0.15, 0.2) is 0 Å². The van der Waals surface area contributed by atoms with E-state index in [1.165, 1.54) is 5.56 Å². The van der Waals surface area contributed by atoms with Crippen LogP contribution in [0.15, 0.2) is 51.8 Å². The lowest BCUT2D eigenvalue weighted by atomic mass is 10.1. The Morgan fingerprint density at radius 1 is 1.14 bits per heavy atom. The van der Waals surface area contributed by atoms with Crippen LogP contribution in [0, 0.1) is 5.82 Å². The van der Waals surface area contributed by atoms with Crippen LogP contribution in [-0.2, 0) is 22.1 Å². The summed E-state index contributed by atoms with van der Waals surface area (Å²) >= 11 is 5.09. The number of aryl methyl sites for hydroxylation is 1. The zero-order chi connectivity index (χ0) is 20.9. The van der Waals surface area contributed by atoms with Crippen LogP contribution in [0.25, 0.3) is 0 Å². The Bertz CT molecular complexity index is 767. The van der Waals surface area contributed by atoms with Gasteiger partial charge in [-0.1, -0.05) is 52.7 Å². The zero-order valence-corrected chi connectivity index (χ0v) is 19.7. The molecule has 0 bridgehead atoms. The monoisotopic (exact) mass is 503 g/mol. The molecule has 0 aliphatic rings. The molecule has 0 heterocycles. The predicted octanol–water partition coefficient (Wildman–Crippen LogP) is 5.97. The minimum Gasteiger partial charge on any atom is -0.326 e. The zero-order valence-electron chi connectivity index (χ0n) is 16.3. The van der Waals surface area contributed by atoms with Crippen LogP contribution in [-0.4, -0.2) is 23.8 Å². The van der Waals surface area contributed by atoms with Crippen LogP contribution in [0.2, 0.25) is 0 Å². The standard InChI is InChI=1S/C21H28BrFNO3PS/c22-19-15-21(29-13-6-2-5-10-17-8-3-1-4-9-17)20(23)14-18(19)16-24-11-7-12-27-28(25)26/h1,3-4,8-9,14-15,24,28H,2,5-7,10-13,16H2,(H,25,26). The minimum atomic E-state index is -2.85. The molecule has 0 aromatic heterocycles. The fourth-order valence-electron chi connectivity index (χ4n) is 2.83. The van der Waals surface area contributed by atoms with Crippen molar-refractivity contribution in [1.29, 1.82) is 0 Å². The summed E-state index contributed by atoms with van der Waals surface area (Å²) < 4.78 is 30.4. The fraction of sp³-hybridized carbons (Fsp3) is 0.429. The third kappa shape index (κ3) is 10.3. The topological polar surface area (TPSA) is 58.6 Å². The van der Waals surface area contributed by atoms with Crippen LogP contribution >= 0.6 is 35.9 Å². The summed E-state index contributed by atoms with van der Waals surface area (Å²) in [5.74, 6) is 0.713. The molecule has 0 aliphatic carbocycles. The van der Waals surface area contributed by atoms with Crippen LogP contribution in [0.1, 0.15) is 36.8 Å². The van der Waals surface area contributed by atoms with E-state index in [9.17, 15) is 8.96 Å². The van der Waals surface area contributed by atoms with Crippen LogP contribution < -0.4 is 5.32 Å². The molecule has 2 aromatic carbocycles. The number of unbranched alkanes of at least 4 members (excludes halogenated alkanes) is 2. The second kappa shape index (κ2) is 14.3. The van der Waals surface area contributed by atoms with Gasteiger partial charge in [-0.2, -0.15) is 0 Å². The summed E-state index contributed by atoms with van der Waals surface area (Å²) in [5.41, 5.74) is 2.22. The van der Waals surface area contributed by atoms with Crippen LogP contribution in [0.4, 0.5) is 4.39 Å². The lowest BCUT2D eigenvalue weighted by Crippen LogP contribution is -2.16. The van der Waals surface area contributed by atoms with E-state index >= 15 is 0 Å². The molecule has 2 aromatic rings. The van der Waals surface area contributed by atoms with Crippen molar-refractivity contribution in [2.75, 3.05) is 18.9 Å². The summed E-state index contributed by atoms with van der Waals surface area (Å²) in [7, 11) is -2.85. The first-order valence-corrected chi connectivity index (χ1v) is 12.8. The maximum Gasteiger partial charge on any atom is 0.316 e. The van der Waals surface area contributed by atoms with Crippen molar-refractivity contribution in [3.05, 3.63) is 63.9 Å². The number of hydrogen-bond donors (Lipinski definition) is 2. The molecule has 8 heteroatoms. The molecule has 1 unspecified atom stereocenters. The van der Waals surface area contributed by atoms with Gasteiger partial charge < -0.3 is 14.7 Å². The Morgan fingerprint density at radius 2 is 1.93 bits per heavy atom. The molecule has 29 heavy (non-hydrogen) atoms. The highest BCUT2D eigenvalue weighted by molar-refractivity contribution is 9.10. The molecule has 4 nitrogen and oxygen atoms in total. The molecular formula is C21H28BrFNO3PS. The largest absolute Gasteiger partial charge is 0.326 e. The average Bonchev–Trinajstić information content (AvgIpc) is 2.70. The lowest BCUT2D eigenvalue weighted by molar-refractivity contribution is 0.276. The average molecular weight is 504 g/mol. The third-order valence-electron chi connectivity index (χ3n) is 4.35. The van der Waals surface area contributed by atoms with Gasteiger partial charge in [-0.25, -0.2) is 4.39 Å². The minimum absolute atomic E-state index is 0.193. The number of rotatable bonds is 14. The normalized spacial score (nSPS) is 12.2. The van der Waals surface area contributed by atoms with Crippen LogP contribution in [0.3, 0.4) is 0 Å². The number of benzene rings is 2. The number of thioether (sulfide) groups is 1. The maximum atomic E-state index is 14.4. The van der Waals surface area contributed by atoms with E-state index in [0.29, 0.717) is 24.4 Å². The van der Waals surface area contributed by atoms with Gasteiger partial charge in [0, 0.05) is 15.9 Å². The molecule has 0 saturated carbocycles. The molecule has 0 amide bonds. The summed E-state index contributed by atoms with van der Waals surface area (Å²) in [6.07, 6.45) is 5.08. The Balaban J connectivity index is 1.65. The Labute approximate surface area is 185 Å². The Kier molecular flexibility index (Phi) is 12.2. The van der Waals surface area contributed by atoms with E-state index in [1.807, 2.05) is 12.1 Å². The Morgan fingerprint density at radius 3 is 2.69 bits per heavy atom. The highest BCUT2D eigenvalue weighted by Crippen LogP contribution is 2.29. The summed E-state index contributed by atoms with van der Waals surface area (Å²) in [6, 6.07) is 13.9. The van der Waals surface area contributed by atoms with Crippen LogP contribution in [0.5, 0.6) is 0 Å². The van der Waals surface area contributed by atoms with Gasteiger partial charge in [-0.3, -0.25) is 4.57 Å². The molecule has 0 saturated heterocycles. The van der Waals surface area contributed by atoms with E-state index in [-0.39, 0.29) is 12.4 Å². The van der Waals surface area contributed by atoms with E-state index in [2.05, 4.69) is 50.0 Å². The van der Waals surface area contributed by atoms with Gasteiger partial charge in [0.2, 0.25) is 0 Å². The number of halogens is 2. The molecule has 1 atom stereocenters. The molecule has 0 fully saturated rings. The first-order chi connectivity index (χ1) is 14.1. The van der Waals surface area contributed by atoms with E-state index in [4.69, 9.17) is 4.89 Å².